The first-order valence-electron chi connectivity index (χ1n) is 8.60. The fourth-order valence-electron chi connectivity index (χ4n) is 2.86. The molecule has 1 N–H and O–H groups in total. The van der Waals surface area contributed by atoms with Crippen LogP contribution in [-0.2, 0) is 16.0 Å². The van der Waals surface area contributed by atoms with E-state index in [4.69, 9.17) is 0 Å². The molecule has 0 fully saturated rings. The number of sulfone groups is 1. The lowest BCUT2D eigenvalue weighted by molar-refractivity contribution is -0.274. The second-order valence-electron chi connectivity index (χ2n) is 6.75. The summed E-state index contributed by atoms with van der Waals surface area (Å²) in [5.41, 5.74) is -1.13. The van der Waals surface area contributed by atoms with E-state index >= 15 is 0 Å². The molecule has 5 nitrogen and oxygen atoms in total. The van der Waals surface area contributed by atoms with Crippen molar-refractivity contribution >= 4 is 9.84 Å². The number of ether oxygens (including phenoxy) is 1. The van der Waals surface area contributed by atoms with Gasteiger partial charge in [0.25, 0.3) is 0 Å². The van der Waals surface area contributed by atoms with Crippen LogP contribution in [0.15, 0.2) is 41.3 Å². The van der Waals surface area contributed by atoms with Crippen LogP contribution in [-0.4, -0.2) is 31.0 Å². The number of aromatic nitrogens is 2. The highest BCUT2D eigenvalue weighted by Crippen LogP contribution is 2.38. The van der Waals surface area contributed by atoms with Gasteiger partial charge in [0.2, 0.25) is 5.82 Å². The number of halogens is 7. The average Bonchev–Trinajstić information content (AvgIpc) is 3.07. The molecule has 0 atom stereocenters. The lowest BCUT2D eigenvalue weighted by atomic mass is 10.0. The van der Waals surface area contributed by atoms with E-state index in [-0.39, 0.29) is 22.4 Å². The van der Waals surface area contributed by atoms with Crippen LogP contribution in [0, 0.1) is 12.7 Å². The zero-order valence-corrected chi connectivity index (χ0v) is 17.0. The number of aryl methyl sites for hydroxylation is 1. The van der Waals surface area contributed by atoms with Crippen LogP contribution in [0.3, 0.4) is 0 Å². The number of nitrogens with one attached hydrogen (secondary N) is 1. The maximum Gasteiger partial charge on any atom is 0.573 e. The van der Waals surface area contributed by atoms with Crippen molar-refractivity contribution in [3.05, 3.63) is 53.6 Å². The number of benzene rings is 2. The second-order valence-corrected chi connectivity index (χ2v) is 8.74. The van der Waals surface area contributed by atoms with E-state index in [1.165, 1.54) is 19.1 Å². The Hall–Kier alpha value is -3.09. The predicted molar refractivity (Wildman–Crippen MR) is 98.9 cm³/mol. The molecule has 0 aliphatic carbocycles. The fraction of sp³-hybridized carbons (Fsp3) is 0.211. The number of nitrogens with zero attached hydrogens (tertiary/aromatic N) is 1. The first-order chi connectivity index (χ1) is 14.6. The Labute approximate surface area is 176 Å². The van der Waals surface area contributed by atoms with Gasteiger partial charge in [-0.3, -0.25) is 0 Å². The highest BCUT2D eigenvalue weighted by atomic mass is 32.2. The Morgan fingerprint density at radius 3 is 2.12 bits per heavy atom. The molecule has 32 heavy (non-hydrogen) atoms. The van der Waals surface area contributed by atoms with Crippen LogP contribution in [0.2, 0.25) is 0 Å². The van der Waals surface area contributed by atoms with Gasteiger partial charge < -0.3 is 9.72 Å². The van der Waals surface area contributed by atoms with Crippen molar-refractivity contribution < 1.29 is 43.9 Å². The van der Waals surface area contributed by atoms with Gasteiger partial charge in [-0.1, -0.05) is 18.2 Å². The average molecular weight is 482 g/mol. The summed E-state index contributed by atoms with van der Waals surface area (Å²) in [6, 6.07) is 5.87. The standard InChI is InChI=1S/C19H13F7N2O3S/c1-9-3-4-11(8-13(9)31-19(24,25)26)16-15(27-17(28-16)18(21,22)23)10-5-6-14(12(20)7-10)32(2,29)30/h3-8H,1-2H3,(H,27,28). The van der Waals surface area contributed by atoms with Crippen LogP contribution in [0.25, 0.3) is 22.5 Å². The Bertz CT molecular complexity index is 1280. The normalized spacial score (nSPS) is 12.8. The molecule has 3 aromatic rings. The molecule has 0 saturated carbocycles. The van der Waals surface area contributed by atoms with Crippen molar-refractivity contribution in [2.75, 3.05) is 6.26 Å². The van der Waals surface area contributed by atoms with Crippen molar-refractivity contribution in [3.8, 4) is 28.3 Å². The summed E-state index contributed by atoms with van der Waals surface area (Å²) < 4.78 is 119. The highest BCUT2D eigenvalue weighted by molar-refractivity contribution is 7.90. The predicted octanol–water partition coefficient (Wildman–Crippen LogP) is 5.51. The number of alkyl halides is 6. The monoisotopic (exact) mass is 482 g/mol. The number of rotatable bonds is 4. The molecular weight excluding hydrogens is 469 g/mol. The maximum absolute atomic E-state index is 14.3. The molecule has 13 heteroatoms. The van der Waals surface area contributed by atoms with Gasteiger partial charge in [-0.05, 0) is 30.7 Å². The minimum Gasteiger partial charge on any atom is -0.405 e. The molecule has 2 aromatic carbocycles. The van der Waals surface area contributed by atoms with E-state index in [2.05, 4.69) is 9.72 Å². The summed E-state index contributed by atoms with van der Waals surface area (Å²) in [6.45, 7) is 1.30. The van der Waals surface area contributed by atoms with Gasteiger partial charge in [-0.25, -0.2) is 17.8 Å². The summed E-state index contributed by atoms with van der Waals surface area (Å²) in [4.78, 5) is 4.75. The van der Waals surface area contributed by atoms with Gasteiger partial charge >= 0.3 is 12.5 Å². The largest absolute Gasteiger partial charge is 0.573 e. The molecule has 0 spiro atoms. The van der Waals surface area contributed by atoms with Gasteiger partial charge in [0, 0.05) is 17.4 Å². The third kappa shape index (κ3) is 5.03. The van der Waals surface area contributed by atoms with E-state index in [1.807, 2.05) is 4.98 Å². The van der Waals surface area contributed by atoms with Gasteiger partial charge in [-0.15, -0.1) is 13.2 Å². The van der Waals surface area contributed by atoms with E-state index in [9.17, 15) is 39.2 Å². The Kier molecular flexibility index (Phi) is 5.74. The van der Waals surface area contributed by atoms with E-state index in [0.717, 1.165) is 24.5 Å². The Balaban J connectivity index is 2.21. The molecule has 0 amide bonds. The van der Waals surface area contributed by atoms with Gasteiger partial charge in [0.15, 0.2) is 9.84 Å². The second kappa shape index (κ2) is 7.80. The zero-order chi connectivity index (χ0) is 24.1. The molecule has 0 radical (unpaired) electrons. The number of hydrogen-bond donors (Lipinski definition) is 1. The summed E-state index contributed by atoms with van der Waals surface area (Å²) in [7, 11) is -3.95. The molecular formula is C19H13F7N2O3S. The van der Waals surface area contributed by atoms with E-state index < -0.39 is 50.4 Å². The molecule has 0 unspecified atom stereocenters. The van der Waals surface area contributed by atoms with Crippen LogP contribution < -0.4 is 4.74 Å². The molecule has 1 aromatic heterocycles. The molecule has 0 aliphatic heterocycles. The lowest BCUT2D eigenvalue weighted by Gasteiger charge is -2.13. The third-order valence-electron chi connectivity index (χ3n) is 4.28. The molecule has 0 aliphatic rings. The first kappa shape index (κ1) is 23.6. The molecule has 0 bridgehead atoms. The lowest BCUT2D eigenvalue weighted by Crippen LogP contribution is -2.17. The first-order valence-corrected chi connectivity index (χ1v) is 10.5. The SMILES string of the molecule is Cc1ccc(-c2[nH]c(C(F)(F)F)nc2-c2ccc(S(C)(=O)=O)c(F)c2)cc1OC(F)(F)F. The summed E-state index contributed by atoms with van der Waals surface area (Å²) in [5.74, 6) is -3.35. The van der Waals surface area contributed by atoms with Crippen molar-refractivity contribution in [3.63, 3.8) is 0 Å². The molecule has 0 saturated heterocycles. The molecule has 172 valence electrons. The fourth-order valence-corrected chi connectivity index (χ4v) is 3.59. The third-order valence-corrected chi connectivity index (χ3v) is 5.41. The minimum atomic E-state index is -5.04. The number of H-pyrrole nitrogens is 1. The summed E-state index contributed by atoms with van der Waals surface area (Å²) >= 11 is 0. The summed E-state index contributed by atoms with van der Waals surface area (Å²) in [6.07, 6.45) is -9.24. The highest BCUT2D eigenvalue weighted by Gasteiger charge is 2.37. The van der Waals surface area contributed by atoms with Gasteiger partial charge in [0.1, 0.15) is 16.5 Å². The Morgan fingerprint density at radius 2 is 1.59 bits per heavy atom. The number of aromatic amines is 1. The smallest absolute Gasteiger partial charge is 0.405 e. The molecule has 3 rings (SSSR count). The number of imidazole rings is 1. The molecule has 1 heterocycles. The minimum absolute atomic E-state index is 0.0618. The van der Waals surface area contributed by atoms with E-state index in [0.29, 0.717) is 6.07 Å². The van der Waals surface area contributed by atoms with Gasteiger partial charge in [-0.2, -0.15) is 13.2 Å². The van der Waals surface area contributed by atoms with Crippen LogP contribution in [0.1, 0.15) is 11.4 Å². The van der Waals surface area contributed by atoms with Gasteiger partial charge in [0.05, 0.1) is 11.4 Å². The van der Waals surface area contributed by atoms with Crippen molar-refractivity contribution in [2.45, 2.75) is 24.4 Å². The van der Waals surface area contributed by atoms with Crippen LogP contribution in [0.5, 0.6) is 5.75 Å². The van der Waals surface area contributed by atoms with Crippen molar-refractivity contribution in [1.29, 1.82) is 0 Å². The van der Waals surface area contributed by atoms with E-state index in [1.54, 1.807) is 0 Å². The maximum atomic E-state index is 14.3. The topological polar surface area (TPSA) is 72.0 Å². The summed E-state index contributed by atoms with van der Waals surface area (Å²) in [5, 5.41) is 0. The quantitative estimate of drug-likeness (QED) is 0.498. The zero-order valence-electron chi connectivity index (χ0n) is 16.2. The van der Waals surface area contributed by atoms with Crippen molar-refractivity contribution in [1.82, 2.24) is 9.97 Å². The van der Waals surface area contributed by atoms with Crippen LogP contribution >= 0.6 is 0 Å². The number of hydrogen-bond acceptors (Lipinski definition) is 4. The Morgan fingerprint density at radius 1 is 0.969 bits per heavy atom. The van der Waals surface area contributed by atoms with Crippen LogP contribution in [0.4, 0.5) is 30.7 Å². The van der Waals surface area contributed by atoms with Crippen molar-refractivity contribution in [2.24, 2.45) is 0 Å².